The van der Waals surface area contributed by atoms with E-state index in [1.54, 1.807) is 6.20 Å². The summed E-state index contributed by atoms with van der Waals surface area (Å²) in [6.45, 7) is 13.8. The third kappa shape index (κ3) is 5.10. The quantitative estimate of drug-likeness (QED) is 0.782. The van der Waals surface area contributed by atoms with Crippen molar-refractivity contribution in [2.45, 2.75) is 72.6 Å². The van der Waals surface area contributed by atoms with Gasteiger partial charge in [-0.05, 0) is 52.7 Å². The lowest BCUT2D eigenvalue weighted by Crippen LogP contribution is -2.35. The van der Waals surface area contributed by atoms with Crippen LogP contribution in [0.15, 0.2) is 18.3 Å². The van der Waals surface area contributed by atoms with E-state index in [1.165, 1.54) is 0 Å². The number of imidazole rings is 1. The van der Waals surface area contributed by atoms with E-state index < -0.39 is 11.7 Å². The van der Waals surface area contributed by atoms with Crippen LogP contribution in [0.5, 0.6) is 0 Å². The molecule has 0 spiro atoms. The number of carbonyl (C=O) groups excluding carboxylic acids is 1. The smallest absolute Gasteiger partial charge is 0.408 e. The molecule has 1 atom stereocenters. The van der Waals surface area contributed by atoms with E-state index in [1.807, 2.05) is 51.3 Å². The highest BCUT2D eigenvalue weighted by molar-refractivity contribution is 5.70. The van der Waals surface area contributed by atoms with Crippen molar-refractivity contribution in [1.29, 1.82) is 0 Å². The van der Waals surface area contributed by atoms with Gasteiger partial charge in [-0.25, -0.2) is 9.78 Å². The van der Waals surface area contributed by atoms with E-state index in [4.69, 9.17) is 9.72 Å². The topological polar surface area (TPSA) is 89.3 Å². The first kappa shape index (κ1) is 21.9. The molecule has 2 aromatic rings. The summed E-state index contributed by atoms with van der Waals surface area (Å²) in [5.41, 5.74) is 2.90. The van der Waals surface area contributed by atoms with Crippen LogP contribution in [0, 0.1) is 6.92 Å². The summed E-state index contributed by atoms with van der Waals surface area (Å²) < 4.78 is 7.34. The summed E-state index contributed by atoms with van der Waals surface area (Å²) in [6, 6.07) is 3.52. The van der Waals surface area contributed by atoms with Gasteiger partial charge in [0.1, 0.15) is 11.4 Å². The van der Waals surface area contributed by atoms with Crippen molar-refractivity contribution < 1.29 is 14.6 Å². The lowest BCUT2D eigenvalue weighted by Gasteiger charge is -2.23. The lowest BCUT2D eigenvalue weighted by atomic mass is 9.99. The minimum absolute atomic E-state index is 0.0210. The number of amides is 1. The minimum Gasteiger partial charge on any atom is -0.444 e. The number of ether oxygens (including phenoxy) is 1. The van der Waals surface area contributed by atoms with Crippen molar-refractivity contribution in [3.05, 3.63) is 35.5 Å². The first-order chi connectivity index (χ1) is 13.0. The maximum atomic E-state index is 12.3. The number of hydrogen-bond donors (Lipinski definition) is 2. The number of alkyl carbamates (subject to hydrolysis) is 1. The van der Waals surface area contributed by atoms with Gasteiger partial charge in [0, 0.05) is 18.3 Å². The molecule has 2 aromatic heterocycles. The Kier molecular flexibility index (Phi) is 6.82. The molecule has 0 bridgehead atoms. The SMILES string of the molecule is Cc1nc(-c2cccnc2C(C)C)c(C(C)NC(=O)OC(C)(C)C)n1CCO. The Morgan fingerprint density at radius 1 is 1.32 bits per heavy atom. The van der Waals surface area contributed by atoms with Crippen LogP contribution in [-0.2, 0) is 11.3 Å². The molecule has 0 aliphatic rings. The van der Waals surface area contributed by atoms with Gasteiger partial charge in [0.25, 0.3) is 0 Å². The number of pyridine rings is 1. The zero-order valence-corrected chi connectivity index (χ0v) is 17.9. The molecule has 0 aliphatic carbocycles. The molecular formula is C21H32N4O3. The average Bonchev–Trinajstić information content (AvgIpc) is 2.90. The zero-order valence-electron chi connectivity index (χ0n) is 17.9. The summed E-state index contributed by atoms with van der Waals surface area (Å²) >= 11 is 0. The number of aliphatic hydroxyl groups is 1. The third-order valence-corrected chi connectivity index (χ3v) is 4.31. The molecule has 0 saturated carbocycles. The van der Waals surface area contributed by atoms with Crippen LogP contribution in [0.1, 0.15) is 70.7 Å². The molecule has 2 rings (SSSR count). The molecule has 1 unspecified atom stereocenters. The number of rotatable bonds is 6. The van der Waals surface area contributed by atoms with Crippen molar-refractivity contribution in [2.24, 2.45) is 0 Å². The van der Waals surface area contributed by atoms with Crippen molar-refractivity contribution >= 4 is 6.09 Å². The second-order valence-electron chi connectivity index (χ2n) is 8.23. The molecule has 2 heterocycles. The van der Waals surface area contributed by atoms with E-state index in [2.05, 4.69) is 24.1 Å². The summed E-state index contributed by atoms with van der Waals surface area (Å²) in [7, 11) is 0. The number of hydrogen-bond acceptors (Lipinski definition) is 5. The number of nitrogens with one attached hydrogen (secondary N) is 1. The molecule has 0 radical (unpaired) electrons. The number of carbonyl (C=O) groups is 1. The lowest BCUT2D eigenvalue weighted by molar-refractivity contribution is 0.0506. The number of aliphatic hydroxyl groups excluding tert-OH is 1. The molecule has 0 aliphatic heterocycles. The summed E-state index contributed by atoms with van der Waals surface area (Å²) in [5, 5.41) is 12.4. The van der Waals surface area contributed by atoms with Gasteiger partial charge in [-0.2, -0.15) is 0 Å². The third-order valence-electron chi connectivity index (χ3n) is 4.31. The van der Waals surface area contributed by atoms with Gasteiger partial charge < -0.3 is 19.7 Å². The Bertz CT molecular complexity index is 822. The average molecular weight is 389 g/mol. The second kappa shape index (κ2) is 8.73. The number of nitrogens with zero attached hydrogens (tertiary/aromatic N) is 3. The predicted molar refractivity (Wildman–Crippen MR) is 109 cm³/mol. The fourth-order valence-corrected chi connectivity index (χ4v) is 3.23. The van der Waals surface area contributed by atoms with Gasteiger partial charge in [0.05, 0.1) is 29.7 Å². The first-order valence-electron chi connectivity index (χ1n) is 9.67. The fraction of sp³-hybridized carbons (Fsp3) is 0.571. The van der Waals surface area contributed by atoms with Gasteiger partial charge >= 0.3 is 6.09 Å². The number of aryl methyl sites for hydroxylation is 1. The molecule has 0 saturated heterocycles. The zero-order chi connectivity index (χ0) is 21.1. The highest BCUT2D eigenvalue weighted by Gasteiger charge is 2.26. The Balaban J connectivity index is 2.52. The summed E-state index contributed by atoms with van der Waals surface area (Å²) in [5.74, 6) is 0.997. The molecule has 1 amide bonds. The van der Waals surface area contributed by atoms with E-state index in [-0.39, 0.29) is 18.6 Å². The van der Waals surface area contributed by atoms with Gasteiger partial charge in [-0.15, -0.1) is 0 Å². The highest BCUT2D eigenvalue weighted by atomic mass is 16.6. The Hall–Kier alpha value is -2.41. The molecule has 7 nitrogen and oxygen atoms in total. The summed E-state index contributed by atoms with van der Waals surface area (Å²) in [6.07, 6.45) is 1.29. The molecular weight excluding hydrogens is 356 g/mol. The van der Waals surface area contributed by atoms with Gasteiger partial charge in [0.15, 0.2) is 0 Å². The molecule has 28 heavy (non-hydrogen) atoms. The van der Waals surface area contributed by atoms with Crippen molar-refractivity contribution in [1.82, 2.24) is 19.9 Å². The molecule has 0 fully saturated rings. The van der Waals surface area contributed by atoms with Crippen LogP contribution in [0.25, 0.3) is 11.3 Å². The van der Waals surface area contributed by atoms with Crippen LogP contribution >= 0.6 is 0 Å². The molecule has 154 valence electrons. The van der Waals surface area contributed by atoms with Gasteiger partial charge in [-0.1, -0.05) is 13.8 Å². The van der Waals surface area contributed by atoms with Crippen LogP contribution in [-0.4, -0.2) is 37.9 Å². The van der Waals surface area contributed by atoms with Crippen LogP contribution in [0.2, 0.25) is 0 Å². The largest absolute Gasteiger partial charge is 0.444 e. The predicted octanol–water partition coefficient (Wildman–Crippen LogP) is 3.95. The molecule has 0 aromatic carbocycles. The van der Waals surface area contributed by atoms with Crippen LogP contribution in [0.4, 0.5) is 4.79 Å². The summed E-state index contributed by atoms with van der Waals surface area (Å²) in [4.78, 5) is 21.6. The fourth-order valence-electron chi connectivity index (χ4n) is 3.23. The molecule has 2 N–H and O–H groups in total. The Labute approximate surface area is 167 Å². The monoisotopic (exact) mass is 388 g/mol. The van der Waals surface area contributed by atoms with E-state index in [0.717, 1.165) is 28.5 Å². The van der Waals surface area contributed by atoms with Crippen molar-refractivity contribution in [2.75, 3.05) is 6.61 Å². The number of aromatic nitrogens is 3. The Morgan fingerprint density at radius 2 is 2.00 bits per heavy atom. The van der Waals surface area contributed by atoms with Crippen molar-refractivity contribution in [3.63, 3.8) is 0 Å². The van der Waals surface area contributed by atoms with Crippen LogP contribution in [0.3, 0.4) is 0 Å². The van der Waals surface area contributed by atoms with Crippen LogP contribution < -0.4 is 5.32 Å². The second-order valence-corrected chi connectivity index (χ2v) is 8.23. The van der Waals surface area contributed by atoms with Gasteiger partial charge in [-0.3, -0.25) is 4.98 Å². The maximum Gasteiger partial charge on any atom is 0.408 e. The van der Waals surface area contributed by atoms with Gasteiger partial charge in [0.2, 0.25) is 0 Å². The van der Waals surface area contributed by atoms with E-state index in [0.29, 0.717) is 6.54 Å². The Morgan fingerprint density at radius 3 is 2.57 bits per heavy atom. The minimum atomic E-state index is -0.581. The van der Waals surface area contributed by atoms with E-state index in [9.17, 15) is 9.90 Å². The first-order valence-corrected chi connectivity index (χ1v) is 9.67. The van der Waals surface area contributed by atoms with Crippen molar-refractivity contribution in [3.8, 4) is 11.3 Å². The van der Waals surface area contributed by atoms with E-state index >= 15 is 0 Å². The maximum absolute atomic E-state index is 12.3. The highest BCUT2D eigenvalue weighted by Crippen LogP contribution is 2.33. The molecule has 7 heteroatoms. The standard InChI is InChI=1S/C21H32N4O3/c1-13(2)17-16(9-8-10-22-17)18-19(25(11-12-26)15(4)24-18)14(3)23-20(27)28-21(5,6)7/h8-10,13-14,26H,11-12H2,1-7H3,(H,23,27). The normalized spacial score (nSPS) is 12.9.